The van der Waals surface area contributed by atoms with Crippen LogP contribution in [0.25, 0.3) is 0 Å². The van der Waals surface area contributed by atoms with Gasteiger partial charge in [0.05, 0.1) is 12.7 Å². The second kappa shape index (κ2) is 11.4. The highest BCUT2D eigenvalue weighted by Crippen LogP contribution is 2.27. The number of carbonyl (C=O) groups excluding carboxylic acids is 1. The number of hydrogen-bond acceptors (Lipinski definition) is 6. The predicted molar refractivity (Wildman–Crippen MR) is 116 cm³/mol. The normalized spacial score (nSPS) is 18.0. The van der Waals surface area contributed by atoms with Crippen molar-refractivity contribution < 1.29 is 4.79 Å². The second-order valence-corrected chi connectivity index (χ2v) is 7.31. The van der Waals surface area contributed by atoms with Crippen molar-refractivity contribution in [1.29, 1.82) is 0 Å². The van der Waals surface area contributed by atoms with E-state index in [4.69, 9.17) is 0 Å². The molecule has 0 spiro atoms. The summed E-state index contributed by atoms with van der Waals surface area (Å²) in [6.45, 7) is 7.44. The maximum atomic E-state index is 12.7. The number of pyridine rings is 1. The van der Waals surface area contributed by atoms with E-state index < -0.39 is 0 Å². The molecule has 2 fully saturated rings. The Morgan fingerprint density at radius 2 is 1.72 bits per heavy atom. The van der Waals surface area contributed by atoms with Crippen molar-refractivity contribution in [3.63, 3.8) is 0 Å². The molecule has 10 heteroatoms. The monoisotopic (exact) mass is 441 g/mol. The topological polar surface area (TPSA) is 79.2 Å². The van der Waals surface area contributed by atoms with Crippen molar-refractivity contribution >= 4 is 30.7 Å². The lowest BCUT2D eigenvalue weighted by Crippen LogP contribution is -2.44. The summed E-state index contributed by atoms with van der Waals surface area (Å²) in [6.07, 6.45) is 7.43. The maximum Gasteiger partial charge on any atom is 0.276 e. The van der Waals surface area contributed by atoms with Crippen molar-refractivity contribution in [2.24, 2.45) is 0 Å². The number of piperazine rings is 1. The van der Waals surface area contributed by atoms with E-state index in [2.05, 4.69) is 37.6 Å². The Morgan fingerprint density at radius 1 is 1.03 bits per heavy atom. The number of amides is 1. The van der Waals surface area contributed by atoms with Gasteiger partial charge in [-0.3, -0.25) is 19.4 Å². The van der Waals surface area contributed by atoms with Crippen molar-refractivity contribution in [3.8, 4) is 0 Å². The van der Waals surface area contributed by atoms with Crippen LogP contribution < -0.4 is 5.32 Å². The molecular formula is C19H29Cl2N7O. The molecule has 0 unspecified atom stereocenters. The Balaban J connectivity index is 0.00000150. The summed E-state index contributed by atoms with van der Waals surface area (Å²) in [5.41, 5.74) is 1.77. The van der Waals surface area contributed by atoms with Crippen LogP contribution in [0, 0.1) is 0 Å². The number of likely N-dealkylation sites (tertiary alicyclic amines) is 1. The molecule has 0 radical (unpaired) electrons. The van der Waals surface area contributed by atoms with Crippen LogP contribution in [0.1, 0.15) is 34.8 Å². The summed E-state index contributed by atoms with van der Waals surface area (Å²) >= 11 is 0. The van der Waals surface area contributed by atoms with Crippen LogP contribution in [0.15, 0.2) is 30.7 Å². The third kappa shape index (κ3) is 6.12. The van der Waals surface area contributed by atoms with E-state index in [1.807, 2.05) is 17.3 Å². The molecule has 2 aromatic heterocycles. The fourth-order valence-corrected chi connectivity index (χ4v) is 3.90. The molecule has 0 bridgehead atoms. The minimum absolute atomic E-state index is 0. The molecule has 1 amide bonds. The number of hydrogen-bond donors (Lipinski definition) is 1. The van der Waals surface area contributed by atoms with Gasteiger partial charge in [-0.25, -0.2) is 0 Å². The van der Waals surface area contributed by atoms with Gasteiger partial charge < -0.3 is 10.2 Å². The molecule has 2 aromatic rings. The Bertz CT molecular complexity index is 744. The summed E-state index contributed by atoms with van der Waals surface area (Å²) in [5.74, 6) is 0.503. The Kier molecular flexibility index (Phi) is 9.29. The van der Waals surface area contributed by atoms with Gasteiger partial charge in [0.15, 0.2) is 5.69 Å². The Hall–Kier alpha value is -1.74. The van der Waals surface area contributed by atoms with Crippen LogP contribution in [-0.2, 0) is 6.54 Å². The van der Waals surface area contributed by atoms with Crippen LogP contribution in [0.3, 0.4) is 0 Å². The van der Waals surface area contributed by atoms with Crippen LogP contribution in [0.2, 0.25) is 0 Å². The lowest BCUT2D eigenvalue weighted by Gasteiger charge is -2.31. The third-order valence-corrected chi connectivity index (χ3v) is 5.57. The van der Waals surface area contributed by atoms with Crippen molar-refractivity contribution in [3.05, 3.63) is 42.0 Å². The van der Waals surface area contributed by atoms with Gasteiger partial charge in [-0.1, -0.05) is 5.21 Å². The zero-order valence-corrected chi connectivity index (χ0v) is 18.1. The summed E-state index contributed by atoms with van der Waals surface area (Å²) in [7, 11) is 0. The number of aromatic nitrogens is 4. The van der Waals surface area contributed by atoms with Crippen molar-refractivity contribution in [1.82, 2.24) is 35.1 Å². The quantitative estimate of drug-likeness (QED) is 0.755. The number of nitrogens with zero attached hydrogens (tertiary/aromatic N) is 6. The van der Waals surface area contributed by atoms with Gasteiger partial charge in [-0.15, -0.1) is 29.9 Å². The molecule has 4 heterocycles. The molecule has 2 aliphatic rings. The largest absolute Gasteiger partial charge is 0.337 e. The molecule has 0 aliphatic carbocycles. The molecule has 29 heavy (non-hydrogen) atoms. The molecule has 0 aromatic carbocycles. The zero-order chi connectivity index (χ0) is 18.5. The van der Waals surface area contributed by atoms with Gasteiger partial charge in [0, 0.05) is 58.2 Å². The third-order valence-electron chi connectivity index (χ3n) is 5.57. The fourth-order valence-electron chi connectivity index (χ4n) is 3.90. The number of rotatable bonds is 5. The summed E-state index contributed by atoms with van der Waals surface area (Å²) < 4.78 is 1.79. The van der Waals surface area contributed by atoms with Gasteiger partial charge in [0.2, 0.25) is 0 Å². The predicted octanol–water partition coefficient (Wildman–Crippen LogP) is 1.44. The standard InChI is InChI=1S/C19H27N7O.2ClH/c27-19(25-9-3-17(4-10-25)16-1-5-20-6-2-16)18-15-26(23-22-18)14-13-24-11-7-21-8-12-24;;/h1-2,5-6,15,17,21H,3-4,7-14H2;2*1H. The second-order valence-electron chi connectivity index (χ2n) is 7.31. The van der Waals surface area contributed by atoms with Crippen LogP contribution in [-0.4, -0.2) is 81.5 Å². The van der Waals surface area contributed by atoms with E-state index in [0.717, 1.165) is 65.2 Å². The van der Waals surface area contributed by atoms with Gasteiger partial charge in [-0.2, -0.15) is 0 Å². The van der Waals surface area contributed by atoms with Crippen LogP contribution in [0.4, 0.5) is 0 Å². The van der Waals surface area contributed by atoms with E-state index >= 15 is 0 Å². The van der Waals surface area contributed by atoms with E-state index in [9.17, 15) is 4.79 Å². The molecule has 0 saturated carbocycles. The fraction of sp³-hybridized carbons (Fsp3) is 0.579. The van der Waals surface area contributed by atoms with E-state index in [1.165, 1.54) is 5.56 Å². The van der Waals surface area contributed by atoms with E-state index in [0.29, 0.717) is 11.6 Å². The SMILES string of the molecule is Cl.Cl.O=C(c1cn(CCN2CCNCC2)nn1)N1CCC(c2ccncc2)CC1. The van der Waals surface area contributed by atoms with Crippen LogP contribution in [0.5, 0.6) is 0 Å². The highest BCUT2D eigenvalue weighted by atomic mass is 35.5. The number of halogens is 2. The molecule has 160 valence electrons. The molecule has 1 N–H and O–H groups in total. The average Bonchev–Trinajstić information content (AvgIpc) is 3.22. The number of carbonyl (C=O) groups is 1. The van der Waals surface area contributed by atoms with Crippen molar-refractivity contribution in [2.75, 3.05) is 45.8 Å². The lowest BCUT2D eigenvalue weighted by molar-refractivity contribution is 0.0707. The summed E-state index contributed by atoms with van der Waals surface area (Å²) in [4.78, 5) is 21.1. The molecule has 8 nitrogen and oxygen atoms in total. The summed E-state index contributed by atoms with van der Waals surface area (Å²) in [6, 6.07) is 4.15. The zero-order valence-electron chi connectivity index (χ0n) is 16.4. The van der Waals surface area contributed by atoms with E-state index in [1.54, 1.807) is 10.9 Å². The minimum atomic E-state index is -0.00315. The summed E-state index contributed by atoms with van der Waals surface area (Å²) in [5, 5.41) is 11.6. The number of piperidine rings is 1. The van der Waals surface area contributed by atoms with Crippen LogP contribution >= 0.6 is 24.8 Å². The van der Waals surface area contributed by atoms with Gasteiger partial charge in [0.25, 0.3) is 5.91 Å². The maximum absolute atomic E-state index is 12.7. The molecule has 2 aliphatic heterocycles. The Morgan fingerprint density at radius 3 is 2.41 bits per heavy atom. The van der Waals surface area contributed by atoms with E-state index in [-0.39, 0.29) is 30.7 Å². The first kappa shape index (κ1) is 23.5. The minimum Gasteiger partial charge on any atom is -0.337 e. The highest BCUT2D eigenvalue weighted by Gasteiger charge is 2.26. The lowest BCUT2D eigenvalue weighted by atomic mass is 9.90. The first-order chi connectivity index (χ1) is 13.3. The molecular weight excluding hydrogens is 413 g/mol. The van der Waals surface area contributed by atoms with Gasteiger partial charge >= 0.3 is 0 Å². The average molecular weight is 442 g/mol. The number of nitrogens with one attached hydrogen (secondary N) is 1. The smallest absolute Gasteiger partial charge is 0.276 e. The molecule has 4 rings (SSSR count). The molecule has 2 saturated heterocycles. The molecule has 0 atom stereocenters. The first-order valence-electron chi connectivity index (χ1n) is 9.82. The van der Waals surface area contributed by atoms with Gasteiger partial charge in [0.1, 0.15) is 0 Å². The highest BCUT2D eigenvalue weighted by molar-refractivity contribution is 5.92. The van der Waals surface area contributed by atoms with Gasteiger partial charge in [-0.05, 0) is 36.5 Å². The first-order valence-corrected chi connectivity index (χ1v) is 9.82. The van der Waals surface area contributed by atoms with Crippen molar-refractivity contribution in [2.45, 2.75) is 25.3 Å². The Labute approximate surface area is 183 Å².